The Morgan fingerprint density at radius 2 is 1.18 bits per heavy atom. The number of halogens is 1. The molecule has 1 N–H and O–H groups in total. The molecule has 0 aliphatic rings. The maximum atomic E-state index is 12.2. The lowest BCUT2D eigenvalue weighted by Gasteiger charge is -2.20. The molecule has 0 saturated heterocycles. The molecule has 0 unspecified atom stereocenters. The van der Waals surface area contributed by atoms with Gasteiger partial charge in [0.15, 0.2) is 28.8 Å². The lowest BCUT2D eigenvalue weighted by atomic mass is 9.84. The molecule has 33 heavy (non-hydrogen) atoms. The summed E-state index contributed by atoms with van der Waals surface area (Å²) in [5.74, 6) is -0.668. The van der Waals surface area contributed by atoms with Crippen molar-refractivity contribution in [3.8, 4) is 39.1 Å². The van der Waals surface area contributed by atoms with E-state index >= 15 is 0 Å². The Labute approximate surface area is 206 Å². The number of carboxylic acids is 1. The highest BCUT2D eigenvalue weighted by molar-refractivity contribution is 14.1. The number of hydrogen-bond donors (Lipinski definition) is 1. The lowest BCUT2D eigenvalue weighted by molar-refractivity contribution is 0.0695. The summed E-state index contributed by atoms with van der Waals surface area (Å²) in [6.45, 7) is 0. The zero-order valence-electron chi connectivity index (χ0n) is 17.5. The van der Waals surface area contributed by atoms with Crippen LogP contribution in [-0.4, -0.2) is 11.1 Å². The van der Waals surface area contributed by atoms with Crippen molar-refractivity contribution in [2.75, 3.05) is 0 Å². The first-order valence-corrected chi connectivity index (χ1v) is 11.4. The predicted octanol–water partition coefficient (Wildman–Crippen LogP) is 8.27. The van der Waals surface area contributed by atoms with E-state index in [1.807, 2.05) is 72.8 Å². The third-order valence-electron chi connectivity index (χ3n) is 5.78. The monoisotopic (exact) mass is 542 g/mol. The van der Waals surface area contributed by atoms with Crippen LogP contribution in [0.4, 0.5) is 0 Å². The van der Waals surface area contributed by atoms with Crippen molar-refractivity contribution in [3.63, 3.8) is 0 Å². The van der Waals surface area contributed by atoms with Crippen LogP contribution in [0.3, 0.4) is 0 Å². The van der Waals surface area contributed by atoms with E-state index in [9.17, 15) is 9.90 Å². The van der Waals surface area contributed by atoms with Gasteiger partial charge in [0.1, 0.15) is 5.56 Å². The number of carbonyl (C=O) groups is 1. The number of fused-ring (bicyclic) bond motifs is 1. The highest BCUT2D eigenvalue weighted by Gasteiger charge is 2.24. The first kappa shape index (κ1) is 21.2. The van der Waals surface area contributed by atoms with Gasteiger partial charge in [-0.05, 0) is 39.3 Å². The van der Waals surface area contributed by atoms with Crippen molar-refractivity contribution in [2.24, 2.45) is 0 Å². The summed E-state index contributed by atoms with van der Waals surface area (Å²) in [6, 6.07) is 36.1. The van der Waals surface area contributed by atoms with Gasteiger partial charge in [-0.15, -0.1) is 0 Å². The van der Waals surface area contributed by atoms with Crippen molar-refractivity contribution in [1.29, 1.82) is 0 Å². The summed E-state index contributed by atoms with van der Waals surface area (Å²) in [4.78, 5) is 12.2. The summed E-state index contributed by atoms with van der Waals surface area (Å²) in [5.41, 5.74) is 6.09. The molecule has 5 aromatic rings. The third kappa shape index (κ3) is 3.87. The van der Waals surface area contributed by atoms with E-state index in [4.69, 9.17) is 3.07 Å². The van der Waals surface area contributed by atoms with Gasteiger partial charge < -0.3 is 8.17 Å². The maximum Gasteiger partial charge on any atom is 0.339 e. The molecule has 3 nitrogen and oxygen atoms in total. The highest BCUT2D eigenvalue weighted by Crippen LogP contribution is 2.47. The van der Waals surface area contributed by atoms with Gasteiger partial charge in [-0.3, -0.25) is 0 Å². The van der Waals surface area contributed by atoms with Crippen LogP contribution >= 0.6 is 23.0 Å². The lowest BCUT2D eigenvalue weighted by Crippen LogP contribution is -2.02. The van der Waals surface area contributed by atoms with Crippen LogP contribution in [0.2, 0.25) is 0 Å². The third-order valence-corrected chi connectivity index (χ3v) is 6.22. The maximum absolute atomic E-state index is 12.2. The Balaban J connectivity index is 2.02. The second-order valence-electron chi connectivity index (χ2n) is 7.69. The van der Waals surface area contributed by atoms with Gasteiger partial charge in [-0.25, -0.2) is 4.79 Å². The molecule has 5 rings (SSSR count). The highest BCUT2D eigenvalue weighted by atomic mass is 127. The number of hydrogen-bond acceptors (Lipinski definition) is 2. The number of benzene rings is 5. The molecule has 0 radical (unpaired) electrons. The Morgan fingerprint density at radius 3 is 1.70 bits per heavy atom. The van der Waals surface area contributed by atoms with E-state index in [-0.39, 0.29) is 5.56 Å². The van der Waals surface area contributed by atoms with Gasteiger partial charge in [-0.2, -0.15) is 0 Å². The Hall–Kier alpha value is -3.64. The minimum atomic E-state index is -1.02. The van der Waals surface area contributed by atoms with E-state index in [1.165, 1.54) is 0 Å². The second-order valence-corrected chi connectivity index (χ2v) is 8.14. The molecule has 0 atom stereocenters. The van der Waals surface area contributed by atoms with E-state index < -0.39 is 5.97 Å². The topological polar surface area (TPSA) is 46.5 Å². The van der Waals surface area contributed by atoms with Crippen LogP contribution in [0, 0.1) is 0 Å². The van der Waals surface area contributed by atoms with Crippen molar-refractivity contribution >= 4 is 39.7 Å². The normalized spacial score (nSPS) is 10.8. The molecule has 0 amide bonds. The molecule has 0 saturated carbocycles. The van der Waals surface area contributed by atoms with Gasteiger partial charge >= 0.3 is 5.97 Å². The van der Waals surface area contributed by atoms with E-state index in [0.29, 0.717) is 5.75 Å². The predicted molar refractivity (Wildman–Crippen MR) is 142 cm³/mol. The van der Waals surface area contributed by atoms with Crippen LogP contribution in [0.15, 0.2) is 109 Å². The molecule has 0 aliphatic heterocycles. The average molecular weight is 542 g/mol. The Kier molecular flexibility index (Phi) is 5.84. The molecule has 4 heteroatoms. The Morgan fingerprint density at radius 1 is 0.667 bits per heavy atom. The molecule has 160 valence electrons. The quantitative estimate of drug-likeness (QED) is 0.228. The molecule has 5 aromatic carbocycles. The van der Waals surface area contributed by atoms with Gasteiger partial charge in [0.2, 0.25) is 0 Å². The van der Waals surface area contributed by atoms with Gasteiger partial charge in [0.05, 0.1) is 0 Å². The fraction of sp³-hybridized carbons (Fsp3) is 0. The average Bonchev–Trinajstić information content (AvgIpc) is 2.88. The van der Waals surface area contributed by atoms with Crippen molar-refractivity contribution in [2.45, 2.75) is 0 Å². The van der Waals surface area contributed by atoms with Crippen molar-refractivity contribution < 1.29 is 13.0 Å². The smallest absolute Gasteiger partial charge is 0.339 e. The van der Waals surface area contributed by atoms with Crippen LogP contribution in [-0.2, 0) is 0 Å². The molecule has 0 heterocycles. The van der Waals surface area contributed by atoms with Gasteiger partial charge in [0.25, 0.3) is 0 Å². The molecule has 0 spiro atoms. The van der Waals surface area contributed by atoms with Crippen LogP contribution < -0.4 is 3.07 Å². The largest absolute Gasteiger partial charge is 0.478 e. The molecular weight excluding hydrogens is 523 g/mol. The number of rotatable bonds is 5. The SMILES string of the molecule is O=C(O)c1cc2ccc(-c3ccccc3)c(-c3ccccc3)c2c(-c2ccccc2)c1OI. The fourth-order valence-electron chi connectivity index (χ4n) is 4.36. The van der Waals surface area contributed by atoms with E-state index in [0.717, 1.165) is 44.2 Å². The van der Waals surface area contributed by atoms with E-state index in [2.05, 4.69) is 30.3 Å². The van der Waals surface area contributed by atoms with Crippen LogP contribution in [0.5, 0.6) is 5.75 Å². The first-order valence-electron chi connectivity index (χ1n) is 10.5. The van der Waals surface area contributed by atoms with Gasteiger partial charge in [0, 0.05) is 10.9 Å². The fourth-order valence-corrected chi connectivity index (χ4v) is 4.82. The Bertz CT molecular complexity index is 1450. The molecular formula is C29H19IO3. The number of aromatic carboxylic acids is 1. The van der Waals surface area contributed by atoms with Crippen molar-refractivity contribution in [3.05, 3.63) is 115 Å². The van der Waals surface area contributed by atoms with Crippen LogP contribution in [0.1, 0.15) is 10.4 Å². The summed E-state index contributed by atoms with van der Waals surface area (Å²) in [6.07, 6.45) is 0. The summed E-state index contributed by atoms with van der Waals surface area (Å²) >= 11 is 1.78. The van der Waals surface area contributed by atoms with E-state index in [1.54, 1.807) is 29.1 Å². The molecule has 0 bridgehead atoms. The summed E-state index contributed by atoms with van der Waals surface area (Å²) in [7, 11) is 0. The zero-order chi connectivity index (χ0) is 22.8. The summed E-state index contributed by atoms with van der Waals surface area (Å²) in [5, 5.41) is 11.8. The number of carboxylic acid groups (broad SMARTS) is 1. The van der Waals surface area contributed by atoms with Crippen LogP contribution in [0.25, 0.3) is 44.2 Å². The summed E-state index contributed by atoms with van der Waals surface area (Å²) < 4.78 is 5.73. The molecule has 0 aromatic heterocycles. The minimum Gasteiger partial charge on any atom is -0.478 e. The van der Waals surface area contributed by atoms with Gasteiger partial charge in [-0.1, -0.05) is 103 Å². The van der Waals surface area contributed by atoms with Crippen molar-refractivity contribution in [1.82, 2.24) is 0 Å². The molecule has 0 fully saturated rings. The first-order chi connectivity index (χ1) is 16.2. The standard InChI is InChI=1S/C29H19IO3/c30-33-28-24(29(31)32)18-22-16-17-23(19-10-4-1-5-11-19)25(20-12-6-2-7-13-20)26(22)27(28)21-14-8-3-9-15-21/h1-18H,(H,31,32). The molecule has 0 aliphatic carbocycles. The minimum absolute atomic E-state index is 0.141. The second kappa shape index (κ2) is 9.08. The zero-order valence-corrected chi connectivity index (χ0v) is 19.7.